The van der Waals surface area contributed by atoms with E-state index in [1.165, 1.54) is 4.88 Å². The summed E-state index contributed by atoms with van der Waals surface area (Å²) in [6.07, 6.45) is 1.97. The molecule has 0 spiro atoms. The van der Waals surface area contributed by atoms with Gasteiger partial charge in [-0.05, 0) is 25.0 Å². The SMILES string of the molecule is O=S(=O)(N1CCCC1)N1CCN(Cc2ccc(Cl)s2)CC1. The zero-order chi connectivity index (χ0) is 14.9. The highest BCUT2D eigenvalue weighted by atomic mass is 35.5. The van der Waals surface area contributed by atoms with E-state index in [2.05, 4.69) is 4.90 Å². The predicted octanol–water partition coefficient (Wildman–Crippen LogP) is 1.86. The molecule has 2 aliphatic rings. The second-order valence-electron chi connectivity index (χ2n) is 5.49. The lowest BCUT2D eigenvalue weighted by molar-refractivity contribution is 0.177. The summed E-state index contributed by atoms with van der Waals surface area (Å²) in [6, 6.07) is 3.95. The van der Waals surface area contributed by atoms with Gasteiger partial charge < -0.3 is 0 Å². The molecule has 0 saturated carbocycles. The number of nitrogens with zero attached hydrogens (tertiary/aromatic N) is 3. The first-order valence-corrected chi connectivity index (χ1v) is 9.86. The van der Waals surface area contributed by atoms with Crippen LogP contribution in [0.4, 0.5) is 0 Å². The number of hydrogen-bond acceptors (Lipinski definition) is 4. The second-order valence-corrected chi connectivity index (χ2v) is 9.22. The smallest absolute Gasteiger partial charge is 0.282 e. The molecule has 0 atom stereocenters. The van der Waals surface area contributed by atoms with E-state index < -0.39 is 10.2 Å². The van der Waals surface area contributed by atoms with E-state index in [0.717, 1.165) is 36.8 Å². The van der Waals surface area contributed by atoms with Crippen molar-refractivity contribution >= 4 is 33.1 Å². The maximum Gasteiger partial charge on any atom is 0.282 e. The number of halogens is 1. The Kier molecular flexibility index (Phi) is 4.87. The highest BCUT2D eigenvalue weighted by Gasteiger charge is 2.33. The average Bonchev–Trinajstić information content (AvgIpc) is 3.11. The Morgan fingerprint density at radius 1 is 1.00 bits per heavy atom. The molecule has 2 saturated heterocycles. The van der Waals surface area contributed by atoms with Crippen LogP contribution in [0.5, 0.6) is 0 Å². The summed E-state index contributed by atoms with van der Waals surface area (Å²) in [5.74, 6) is 0. The highest BCUT2D eigenvalue weighted by molar-refractivity contribution is 7.86. The van der Waals surface area contributed by atoms with Gasteiger partial charge in [0.1, 0.15) is 0 Å². The number of rotatable bonds is 4. The lowest BCUT2D eigenvalue weighted by atomic mass is 10.3. The van der Waals surface area contributed by atoms with Gasteiger partial charge in [-0.2, -0.15) is 17.0 Å². The van der Waals surface area contributed by atoms with Crippen molar-refractivity contribution in [2.45, 2.75) is 19.4 Å². The zero-order valence-corrected chi connectivity index (χ0v) is 14.3. The molecule has 2 aliphatic heterocycles. The Balaban J connectivity index is 1.55. The van der Waals surface area contributed by atoms with Crippen LogP contribution in [0, 0.1) is 0 Å². The number of thiophene rings is 1. The normalized spacial score (nSPS) is 22.9. The topological polar surface area (TPSA) is 43.9 Å². The molecule has 8 heteroatoms. The Labute approximate surface area is 135 Å². The number of hydrogen-bond donors (Lipinski definition) is 0. The van der Waals surface area contributed by atoms with Gasteiger partial charge >= 0.3 is 0 Å². The van der Waals surface area contributed by atoms with Crippen LogP contribution in [-0.2, 0) is 16.8 Å². The average molecular weight is 350 g/mol. The van der Waals surface area contributed by atoms with Crippen molar-refractivity contribution in [1.29, 1.82) is 0 Å². The molecule has 0 bridgehead atoms. The number of piperazine rings is 1. The molecule has 0 amide bonds. The van der Waals surface area contributed by atoms with Crippen molar-refractivity contribution in [1.82, 2.24) is 13.5 Å². The van der Waals surface area contributed by atoms with Crippen LogP contribution in [0.1, 0.15) is 17.7 Å². The third-order valence-electron chi connectivity index (χ3n) is 4.06. The van der Waals surface area contributed by atoms with E-state index >= 15 is 0 Å². The standard InChI is InChI=1S/C13H20ClN3O2S2/c14-13-4-3-12(20-13)11-15-7-9-17(10-8-15)21(18,19)16-5-1-2-6-16/h3-4H,1-2,5-11H2. The predicted molar refractivity (Wildman–Crippen MR) is 85.9 cm³/mol. The van der Waals surface area contributed by atoms with Gasteiger partial charge in [-0.25, -0.2) is 0 Å². The van der Waals surface area contributed by atoms with E-state index in [1.54, 1.807) is 19.9 Å². The van der Waals surface area contributed by atoms with E-state index in [4.69, 9.17) is 11.6 Å². The summed E-state index contributed by atoms with van der Waals surface area (Å²) in [6.45, 7) is 4.93. The fourth-order valence-electron chi connectivity index (χ4n) is 2.86. The second kappa shape index (κ2) is 6.52. The van der Waals surface area contributed by atoms with Crippen LogP contribution in [0.25, 0.3) is 0 Å². The van der Waals surface area contributed by atoms with Crippen LogP contribution in [0.2, 0.25) is 4.34 Å². The maximum atomic E-state index is 12.5. The highest BCUT2D eigenvalue weighted by Crippen LogP contribution is 2.24. The minimum absolute atomic E-state index is 0.581. The van der Waals surface area contributed by atoms with Gasteiger partial charge in [0.2, 0.25) is 0 Å². The summed E-state index contributed by atoms with van der Waals surface area (Å²) in [4.78, 5) is 3.52. The van der Waals surface area contributed by atoms with Crippen LogP contribution in [0.3, 0.4) is 0 Å². The molecule has 21 heavy (non-hydrogen) atoms. The van der Waals surface area contributed by atoms with Crippen LogP contribution >= 0.6 is 22.9 Å². The molecule has 3 rings (SSSR count). The zero-order valence-electron chi connectivity index (χ0n) is 11.9. The molecule has 0 unspecified atom stereocenters. The van der Waals surface area contributed by atoms with E-state index in [9.17, 15) is 8.42 Å². The summed E-state index contributed by atoms with van der Waals surface area (Å²) in [5, 5.41) is 0. The van der Waals surface area contributed by atoms with Crippen LogP contribution < -0.4 is 0 Å². The van der Waals surface area contributed by atoms with Crippen molar-refractivity contribution in [3.8, 4) is 0 Å². The minimum atomic E-state index is -3.23. The largest absolute Gasteiger partial charge is 0.296 e. The summed E-state index contributed by atoms with van der Waals surface area (Å²) >= 11 is 7.53. The fraction of sp³-hybridized carbons (Fsp3) is 0.692. The maximum absolute atomic E-state index is 12.5. The van der Waals surface area contributed by atoms with Crippen LogP contribution in [0.15, 0.2) is 12.1 Å². The first-order chi connectivity index (χ1) is 10.1. The molecule has 1 aromatic rings. The van der Waals surface area contributed by atoms with Crippen molar-refractivity contribution in [3.05, 3.63) is 21.3 Å². The Morgan fingerprint density at radius 3 is 2.19 bits per heavy atom. The molecule has 0 aliphatic carbocycles. The lowest BCUT2D eigenvalue weighted by Gasteiger charge is -2.35. The molecule has 5 nitrogen and oxygen atoms in total. The quantitative estimate of drug-likeness (QED) is 0.833. The molecular weight excluding hydrogens is 330 g/mol. The molecule has 3 heterocycles. The molecule has 2 fully saturated rings. The Morgan fingerprint density at radius 2 is 1.62 bits per heavy atom. The Hall–Kier alpha value is -0.180. The monoisotopic (exact) mass is 349 g/mol. The van der Waals surface area contributed by atoms with Gasteiger partial charge in [-0.15, -0.1) is 11.3 Å². The molecule has 0 radical (unpaired) electrons. The van der Waals surface area contributed by atoms with E-state index in [-0.39, 0.29) is 0 Å². The van der Waals surface area contributed by atoms with Gasteiger partial charge in [0.05, 0.1) is 4.34 Å². The Bertz CT molecular complexity index is 576. The van der Waals surface area contributed by atoms with Crippen molar-refractivity contribution < 1.29 is 8.42 Å². The fourth-order valence-corrected chi connectivity index (χ4v) is 5.66. The molecule has 1 aromatic heterocycles. The van der Waals surface area contributed by atoms with E-state index in [1.807, 2.05) is 12.1 Å². The summed E-state index contributed by atoms with van der Waals surface area (Å²) in [7, 11) is -3.23. The molecule has 0 N–H and O–H groups in total. The van der Waals surface area contributed by atoms with Crippen molar-refractivity contribution in [3.63, 3.8) is 0 Å². The van der Waals surface area contributed by atoms with Gasteiger partial charge in [-0.3, -0.25) is 4.90 Å². The molecule has 0 aromatic carbocycles. The first kappa shape index (κ1) is 15.7. The van der Waals surface area contributed by atoms with Crippen molar-refractivity contribution in [2.24, 2.45) is 0 Å². The van der Waals surface area contributed by atoms with Crippen LogP contribution in [-0.4, -0.2) is 61.2 Å². The van der Waals surface area contributed by atoms with Gasteiger partial charge in [0.15, 0.2) is 0 Å². The minimum Gasteiger partial charge on any atom is -0.296 e. The first-order valence-electron chi connectivity index (χ1n) is 7.27. The van der Waals surface area contributed by atoms with Gasteiger partial charge in [0, 0.05) is 50.7 Å². The lowest BCUT2D eigenvalue weighted by Crippen LogP contribution is -2.52. The van der Waals surface area contributed by atoms with Crippen molar-refractivity contribution in [2.75, 3.05) is 39.3 Å². The third-order valence-corrected chi connectivity index (χ3v) is 7.31. The summed E-state index contributed by atoms with van der Waals surface area (Å²) in [5.41, 5.74) is 0. The molecule has 118 valence electrons. The van der Waals surface area contributed by atoms with Gasteiger partial charge in [-0.1, -0.05) is 11.6 Å². The third kappa shape index (κ3) is 3.60. The van der Waals surface area contributed by atoms with Gasteiger partial charge in [0.25, 0.3) is 10.2 Å². The van der Waals surface area contributed by atoms with E-state index in [0.29, 0.717) is 26.2 Å². The summed E-state index contributed by atoms with van der Waals surface area (Å²) < 4.78 is 29.0. The molecular formula is C13H20ClN3O2S2.